The minimum Gasteiger partial charge on any atom is -0.457 e. The monoisotopic (exact) mass is 509 g/mol. The van der Waals surface area contributed by atoms with E-state index in [9.17, 15) is 18.0 Å². The Balaban J connectivity index is 1.60. The molecule has 0 N–H and O–H groups in total. The van der Waals surface area contributed by atoms with Gasteiger partial charge in [-0.05, 0) is 42.5 Å². The summed E-state index contributed by atoms with van der Waals surface area (Å²) < 4.78 is 45.9. The molecule has 0 bridgehead atoms. The molecule has 9 heteroatoms. The van der Waals surface area contributed by atoms with E-state index < -0.39 is 17.6 Å². The van der Waals surface area contributed by atoms with Crippen molar-refractivity contribution in [2.24, 2.45) is 0 Å². The molecule has 0 radical (unpaired) electrons. The molecular formula is C21H11BrF3NO2S2. The molecule has 0 spiro atoms. The van der Waals surface area contributed by atoms with E-state index in [0.717, 1.165) is 38.8 Å². The third-order valence-electron chi connectivity index (χ3n) is 4.25. The molecule has 1 fully saturated rings. The Kier molecular flexibility index (Phi) is 5.61. The van der Waals surface area contributed by atoms with Gasteiger partial charge in [0, 0.05) is 16.1 Å². The Labute approximate surface area is 187 Å². The Bertz CT molecular complexity index is 1170. The van der Waals surface area contributed by atoms with E-state index >= 15 is 0 Å². The van der Waals surface area contributed by atoms with Crippen LogP contribution >= 0.6 is 39.9 Å². The maximum Gasteiger partial charge on any atom is 0.416 e. The minimum absolute atomic E-state index is 0.0747. The van der Waals surface area contributed by atoms with E-state index in [1.807, 2.05) is 24.3 Å². The first-order valence-electron chi connectivity index (χ1n) is 8.53. The SMILES string of the molecule is O=C1/C(=C\c2ccc(-c3ccc(Br)cc3)o2)SC(=S)N1c1cccc(C(F)(F)F)c1. The number of rotatable bonds is 3. The second-order valence-electron chi connectivity index (χ2n) is 6.27. The summed E-state index contributed by atoms with van der Waals surface area (Å²) in [7, 11) is 0. The number of carbonyl (C=O) groups is 1. The van der Waals surface area contributed by atoms with Crippen LogP contribution in [0.3, 0.4) is 0 Å². The van der Waals surface area contributed by atoms with Gasteiger partial charge in [0.25, 0.3) is 5.91 Å². The third kappa shape index (κ3) is 4.23. The molecule has 0 aliphatic carbocycles. The predicted molar refractivity (Wildman–Crippen MR) is 119 cm³/mol. The number of thiocarbonyl (C=S) groups is 1. The molecule has 0 unspecified atom stereocenters. The molecule has 1 amide bonds. The number of thioether (sulfide) groups is 1. The van der Waals surface area contributed by atoms with Crippen molar-refractivity contribution >= 4 is 61.9 Å². The van der Waals surface area contributed by atoms with Gasteiger partial charge in [0.05, 0.1) is 16.2 Å². The second-order valence-corrected chi connectivity index (χ2v) is 8.87. The van der Waals surface area contributed by atoms with Gasteiger partial charge in [0.1, 0.15) is 11.5 Å². The summed E-state index contributed by atoms with van der Waals surface area (Å²) in [5, 5.41) is 0. The van der Waals surface area contributed by atoms with Crippen molar-refractivity contribution in [3.8, 4) is 11.3 Å². The number of alkyl halides is 3. The highest BCUT2D eigenvalue weighted by atomic mass is 79.9. The normalized spacial score (nSPS) is 16.0. The smallest absolute Gasteiger partial charge is 0.416 e. The number of hydrogen-bond acceptors (Lipinski definition) is 4. The predicted octanol–water partition coefficient (Wildman–Crippen LogP) is 7.13. The standard InChI is InChI=1S/C21H11BrF3NO2S2/c22-14-6-4-12(5-7-14)17-9-8-16(28-17)11-18-19(27)26(20(29)30-18)15-3-1-2-13(10-15)21(23,24)25/h1-11H/b18-11+. The van der Waals surface area contributed by atoms with Crippen LogP contribution in [0.2, 0.25) is 0 Å². The molecule has 0 atom stereocenters. The molecule has 2 heterocycles. The van der Waals surface area contributed by atoms with Crippen LogP contribution in [0, 0.1) is 0 Å². The molecule has 152 valence electrons. The van der Waals surface area contributed by atoms with Gasteiger partial charge in [-0.2, -0.15) is 13.2 Å². The number of hydrogen-bond donors (Lipinski definition) is 0. The average Bonchev–Trinajstić information content (AvgIpc) is 3.26. The van der Waals surface area contributed by atoms with Gasteiger partial charge in [-0.15, -0.1) is 0 Å². The first kappa shape index (κ1) is 20.9. The number of carbonyl (C=O) groups excluding carboxylic acids is 1. The van der Waals surface area contributed by atoms with Crippen molar-refractivity contribution in [2.75, 3.05) is 4.90 Å². The average molecular weight is 510 g/mol. The van der Waals surface area contributed by atoms with Crippen LogP contribution in [-0.4, -0.2) is 10.2 Å². The molecule has 3 nitrogen and oxygen atoms in total. The van der Waals surface area contributed by atoms with E-state index in [1.165, 1.54) is 18.2 Å². The topological polar surface area (TPSA) is 33.5 Å². The Morgan fingerprint density at radius 2 is 1.80 bits per heavy atom. The number of nitrogens with zero attached hydrogens (tertiary/aromatic N) is 1. The highest BCUT2D eigenvalue weighted by molar-refractivity contribution is 9.10. The van der Waals surface area contributed by atoms with Crippen LogP contribution in [0.15, 0.2) is 74.5 Å². The van der Waals surface area contributed by atoms with Crippen LogP contribution in [0.5, 0.6) is 0 Å². The van der Waals surface area contributed by atoms with Crippen LogP contribution in [0.25, 0.3) is 17.4 Å². The highest BCUT2D eigenvalue weighted by Gasteiger charge is 2.36. The van der Waals surface area contributed by atoms with Gasteiger partial charge in [-0.25, -0.2) is 0 Å². The minimum atomic E-state index is -4.51. The summed E-state index contributed by atoms with van der Waals surface area (Å²) in [5.74, 6) is 0.575. The fraction of sp³-hybridized carbons (Fsp3) is 0.0476. The van der Waals surface area contributed by atoms with Crippen molar-refractivity contribution in [3.05, 3.63) is 81.4 Å². The summed E-state index contributed by atoms with van der Waals surface area (Å²) in [5.41, 5.74) is 0.100. The summed E-state index contributed by atoms with van der Waals surface area (Å²) in [6, 6.07) is 15.6. The maximum absolute atomic E-state index is 13.0. The van der Waals surface area contributed by atoms with Crippen LogP contribution in [0.1, 0.15) is 11.3 Å². The summed E-state index contributed by atoms with van der Waals surface area (Å²) in [4.78, 5) is 14.2. The number of halogens is 4. The molecule has 1 saturated heterocycles. The lowest BCUT2D eigenvalue weighted by atomic mass is 10.2. The van der Waals surface area contributed by atoms with E-state index in [0.29, 0.717) is 11.5 Å². The van der Waals surface area contributed by atoms with Crippen LogP contribution in [0.4, 0.5) is 18.9 Å². The van der Waals surface area contributed by atoms with Crippen molar-refractivity contribution in [1.82, 2.24) is 0 Å². The molecule has 30 heavy (non-hydrogen) atoms. The Morgan fingerprint density at radius 1 is 1.07 bits per heavy atom. The number of amides is 1. The fourth-order valence-corrected chi connectivity index (χ4v) is 4.38. The largest absolute Gasteiger partial charge is 0.457 e. The quantitative estimate of drug-likeness (QED) is 0.277. The number of furan rings is 1. The molecule has 4 rings (SSSR count). The van der Waals surface area contributed by atoms with Gasteiger partial charge in [-0.3, -0.25) is 9.69 Å². The first-order chi connectivity index (χ1) is 14.2. The van der Waals surface area contributed by atoms with Gasteiger partial charge >= 0.3 is 6.18 Å². The van der Waals surface area contributed by atoms with Crippen LogP contribution < -0.4 is 4.90 Å². The zero-order chi connectivity index (χ0) is 21.5. The zero-order valence-electron chi connectivity index (χ0n) is 14.9. The number of anilines is 1. The summed E-state index contributed by atoms with van der Waals surface area (Å²) >= 11 is 9.62. The Morgan fingerprint density at radius 3 is 2.50 bits per heavy atom. The van der Waals surface area contributed by atoms with Crippen molar-refractivity contribution in [2.45, 2.75) is 6.18 Å². The van der Waals surface area contributed by atoms with Gasteiger partial charge in [0.2, 0.25) is 0 Å². The zero-order valence-corrected chi connectivity index (χ0v) is 18.2. The lowest BCUT2D eigenvalue weighted by Gasteiger charge is -2.16. The lowest BCUT2D eigenvalue weighted by Crippen LogP contribution is -2.27. The molecule has 1 aromatic heterocycles. The van der Waals surface area contributed by atoms with Gasteiger partial charge < -0.3 is 4.42 Å². The van der Waals surface area contributed by atoms with E-state index in [1.54, 1.807) is 12.1 Å². The summed E-state index contributed by atoms with van der Waals surface area (Å²) in [6.45, 7) is 0. The Hall–Kier alpha value is -2.36. The van der Waals surface area contributed by atoms with Crippen molar-refractivity contribution in [3.63, 3.8) is 0 Å². The molecular weight excluding hydrogens is 499 g/mol. The van der Waals surface area contributed by atoms with E-state index in [-0.39, 0.29) is 14.9 Å². The summed E-state index contributed by atoms with van der Waals surface area (Å²) in [6.07, 6.45) is -2.97. The van der Waals surface area contributed by atoms with Crippen molar-refractivity contribution < 1.29 is 22.4 Å². The van der Waals surface area contributed by atoms with Gasteiger partial charge in [-0.1, -0.05) is 58.1 Å². The molecule has 1 aliphatic rings. The van der Waals surface area contributed by atoms with Crippen molar-refractivity contribution in [1.29, 1.82) is 0 Å². The molecule has 3 aromatic rings. The van der Waals surface area contributed by atoms with E-state index in [2.05, 4.69) is 15.9 Å². The molecule has 1 aliphatic heterocycles. The molecule has 0 saturated carbocycles. The fourth-order valence-electron chi connectivity index (χ4n) is 2.84. The molecule has 2 aromatic carbocycles. The van der Waals surface area contributed by atoms with Gasteiger partial charge in [0.15, 0.2) is 4.32 Å². The van der Waals surface area contributed by atoms with E-state index in [4.69, 9.17) is 16.6 Å². The maximum atomic E-state index is 13.0. The lowest BCUT2D eigenvalue weighted by molar-refractivity contribution is -0.137. The highest BCUT2D eigenvalue weighted by Crippen LogP contribution is 2.38. The first-order valence-corrected chi connectivity index (χ1v) is 10.6. The van der Waals surface area contributed by atoms with Crippen LogP contribution in [-0.2, 0) is 11.0 Å². The third-order valence-corrected chi connectivity index (χ3v) is 6.09. The number of benzene rings is 2. The second kappa shape index (κ2) is 8.05.